The third-order valence-electron chi connectivity index (χ3n) is 2.27. The number of carbonyl (C=O) groups excluding carboxylic acids is 1. The van der Waals surface area contributed by atoms with Gasteiger partial charge in [0.2, 0.25) is 5.91 Å². The van der Waals surface area contributed by atoms with E-state index >= 15 is 0 Å². The molecule has 11 heavy (non-hydrogen) atoms. The largest absolute Gasteiger partial charge is 0.350 e. The summed E-state index contributed by atoms with van der Waals surface area (Å²) >= 11 is 0. The normalized spacial score (nSPS) is 30.0. The number of β-lactam (4-membered cyclic amide) rings is 1. The van der Waals surface area contributed by atoms with Gasteiger partial charge >= 0.3 is 0 Å². The van der Waals surface area contributed by atoms with E-state index in [0.717, 1.165) is 18.8 Å². The first-order valence-electron chi connectivity index (χ1n) is 4.33. The summed E-state index contributed by atoms with van der Waals surface area (Å²) in [5.74, 6) is 0.945. The molecule has 1 heterocycles. The maximum absolute atomic E-state index is 10.6. The van der Waals surface area contributed by atoms with Crippen LogP contribution in [0.15, 0.2) is 0 Å². The van der Waals surface area contributed by atoms with Gasteiger partial charge in [0.1, 0.15) is 0 Å². The Morgan fingerprint density at radius 1 is 1.64 bits per heavy atom. The van der Waals surface area contributed by atoms with Gasteiger partial charge < -0.3 is 5.32 Å². The highest BCUT2D eigenvalue weighted by atomic mass is 16.2. The zero-order valence-corrected chi connectivity index (χ0v) is 7.61. The lowest BCUT2D eigenvalue weighted by atomic mass is 9.83. The van der Waals surface area contributed by atoms with E-state index in [2.05, 4.69) is 26.1 Å². The van der Waals surface area contributed by atoms with Gasteiger partial charge in [0.15, 0.2) is 0 Å². The van der Waals surface area contributed by atoms with E-state index in [0.29, 0.717) is 0 Å². The molecule has 1 N–H and O–H groups in total. The number of amides is 1. The maximum atomic E-state index is 10.6. The molecule has 0 aliphatic carbocycles. The molecule has 0 spiro atoms. The van der Waals surface area contributed by atoms with Crippen molar-refractivity contribution in [3.05, 3.63) is 0 Å². The standard InChI is InChI=1S/C9H17NO/c1-7(2)4-5-9(3)6-8(11)10-9/h7H,4-6H2,1-3H3,(H,10,11). The fourth-order valence-corrected chi connectivity index (χ4v) is 1.43. The van der Waals surface area contributed by atoms with E-state index in [1.54, 1.807) is 0 Å². The lowest BCUT2D eigenvalue weighted by Gasteiger charge is -2.39. The van der Waals surface area contributed by atoms with Gasteiger partial charge in [-0.3, -0.25) is 4.79 Å². The van der Waals surface area contributed by atoms with Crippen LogP contribution in [0.1, 0.15) is 40.0 Å². The first-order chi connectivity index (χ1) is 5.02. The summed E-state index contributed by atoms with van der Waals surface area (Å²) in [5.41, 5.74) is 0.126. The molecule has 1 atom stereocenters. The Morgan fingerprint density at radius 2 is 2.18 bits per heavy atom. The van der Waals surface area contributed by atoms with Crippen molar-refractivity contribution in [1.82, 2.24) is 5.32 Å². The van der Waals surface area contributed by atoms with Gasteiger partial charge in [0.05, 0.1) is 0 Å². The quantitative estimate of drug-likeness (QED) is 0.617. The van der Waals surface area contributed by atoms with Gasteiger partial charge in [0, 0.05) is 12.0 Å². The van der Waals surface area contributed by atoms with Crippen LogP contribution < -0.4 is 5.32 Å². The Balaban J connectivity index is 2.21. The Morgan fingerprint density at radius 3 is 2.55 bits per heavy atom. The smallest absolute Gasteiger partial charge is 0.222 e. The van der Waals surface area contributed by atoms with E-state index < -0.39 is 0 Å². The molecule has 1 aliphatic heterocycles. The molecule has 1 amide bonds. The zero-order chi connectivity index (χ0) is 8.48. The minimum atomic E-state index is 0.126. The molecular formula is C9H17NO. The van der Waals surface area contributed by atoms with Crippen molar-refractivity contribution >= 4 is 5.91 Å². The third-order valence-corrected chi connectivity index (χ3v) is 2.27. The molecule has 0 aromatic carbocycles. The summed E-state index contributed by atoms with van der Waals surface area (Å²) in [6.45, 7) is 6.55. The van der Waals surface area contributed by atoms with Gasteiger partial charge in [0.25, 0.3) is 0 Å². The van der Waals surface area contributed by atoms with Crippen LogP contribution >= 0.6 is 0 Å². The SMILES string of the molecule is CC(C)CCC1(C)CC(=O)N1. The average molecular weight is 155 g/mol. The van der Waals surface area contributed by atoms with Gasteiger partial charge in [-0.2, -0.15) is 0 Å². The molecule has 64 valence electrons. The molecule has 0 saturated carbocycles. The van der Waals surface area contributed by atoms with Crippen molar-refractivity contribution in [2.24, 2.45) is 5.92 Å². The lowest BCUT2D eigenvalue weighted by molar-refractivity contribution is -0.132. The van der Waals surface area contributed by atoms with E-state index in [4.69, 9.17) is 0 Å². The molecule has 0 aromatic heterocycles. The fraction of sp³-hybridized carbons (Fsp3) is 0.889. The van der Waals surface area contributed by atoms with Gasteiger partial charge in [-0.25, -0.2) is 0 Å². The van der Waals surface area contributed by atoms with E-state index in [9.17, 15) is 4.79 Å². The summed E-state index contributed by atoms with van der Waals surface area (Å²) in [4.78, 5) is 10.6. The van der Waals surface area contributed by atoms with Crippen LogP contribution in [0.2, 0.25) is 0 Å². The molecule has 1 fully saturated rings. The highest BCUT2D eigenvalue weighted by Gasteiger charge is 2.37. The second-order valence-corrected chi connectivity index (χ2v) is 4.22. The Kier molecular flexibility index (Phi) is 2.21. The van der Waals surface area contributed by atoms with Gasteiger partial charge in [-0.05, 0) is 25.7 Å². The van der Waals surface area contributed by atoms with Crippen molar-refractivity contribution in [3.63, 3.8) is 0 Å². The average Bonchev–Trinajstić information content (AvgIpc) is 1.81. The van der Waals surface area contributed by atoms with Gasteiger partial charge in [-0.1, -0.05) is 13.8 Å². The topological polar surface area (TPSA) is 29.1 Å². The number of hydrogen-bond acceptors (Lipinski definition) is 1. The molecule has 0 bridgehead atoms. The van der Waals surface area contributed by atoms with E-state index in [1.807, 2.05) is 0 Å². The minimum Gasteiger partial charge on any atom is -0.350 e. The Hall–Kier alpha value is -0.530. The highest BCUT2D eigenvalue weighted by molar-refractivity contribution is 5.84. The monoisotopic (exact) mass is 155 g/mol. The van der Waals surface area contributed by atoms with Crippen LogP contribution in [-0.2, 0) is 4.79 Å². The van der Waals surface area contributed by atoms with Crippen LogP contribution in [0.3, 0.4) is 0 Å². The van der Waals surface area contributed by atoms with Crippen LogP contribution in [0, 0.1) is 5.92 Å². The Labute approximate surface area is 68.4 Å². The van der Waals surface area contributed by atoms with Crippen molar-refractivity contribution in [1.29, 1.82) is 0 Å². The van der Waals surface area contributed by atoms with Crippen molar-refractivity contribution < 1.29 is 4.79 Å². The van der Waals surface area contributed by atoms with Crippen molar-refractivity contribution in [3.8, 4) is 0 Å². The molecule has 2 heteroatoms. The molecule has 1 saturated heterocycles. The van der Waals surface area contributed by atoms with Crippen molar-refractivity contribution in [2.45, 2.75) is 45.6 Å². The van der Waals surface area contributed by atoms with Crippen molar-refractivity contribution in [2.75, 3.05) is 0 Å². The third kappa shape index (κ3) is 2.21. The summed E-state index contributed by atoms with van der Waals surface area (Å²) in [6, 6.07) is 0. The fourth-order valence-electron chi connectivity index (χ4n) is 1.43. The molecule has 0 aromatic rings. The molecule has 0 radical (unpaired) electrons. The number of nitrogens with one attached hydrogen (secondary N) is 1. The van der Waals surface area contributed by atoms with Crippen LogP contribution in [0.25, 0.3) is 0 Å². The second-order valence-electron chi connectivity index (χ2n) is 4.22. The number of carbonyl (C=O) groups is 1. The predicted octanol–water partition coefficient (Wildman–Crippen LogP) is 1.70. The first kappa shape index (κ1) is 8.57. The van der Waals surface area contributed by atoms with Crippen LogP contribution in [-0.4, -0.2) is 11.4 Å². The summed E-state index contributed by atoms with van der Waals surface area (Å²) in [6.07, 6.45) is 3.05. The first-order valence-corrected chi connectivity index (χ1v) is 4.33. The van der Waals surface area contributed by atoms with E-state index in [1.165, 1.54) is 6.42 Å². The molecular weight excluding hydrogens is 138 g/mol. The molecule has 2 nitrogen and oxygen atoms in total. The Bertz CT molecular complexity index is 155. The van der Waals surface area contributed by atoms with Gasteiger partial charge in [-0.15, -0.1) is 0 Å². The van der Waals surface area contributed by atoms with Crippen LogP contribution in [0.5, 0.6) is 0 Å². The maximum Gasteiger partial charge on any atom is 0.222 e. The van der Waals surface area contributed by atoms with Crippen LogP contribution in [0.4, 0.5) is 0 Å². The minimum absolute atomic E-state index is 0.126. The molecule has 1 aliphatic rings. The summed E-state index contributed by atoms with van der Waals surface area (Å²) in [7, 11) is 0. The predicted molar refractivity (Wildman–Crippen MR) is 45.2 cm³/mol. The molecule has 1 rings (SSSR count). The number of rotatable bonds is 3. The molecule has 1 unspecified atom stereocenters. The highest BCUT2D eigenvalue weighted by Crippen LogP contribution is 2.26. The van der Waals surface area contributed by atoms with E-state index in [-0.39, 0.29) is 11.4 Å². The summed E-state index contributed by atoms with van der Waals surface area (Å²) < 4.78 is 0. The lowest BCUT2D eigenvalue weighted by Crippen LogP contribution is -2.58. The zero-order valence-electron chi connectivity index (χ0n) is 7.61. The number of hydrogen-bond donors (Lipinski definition) is 1. The summed E-state index contributed by atoms with van der Waals surface area (Å²) in [5, 5.41) is 2.94. The second kappa shape index (κ2) is 2.84.